The van der Waals surface area contributed by atoms with Crippen molar-refractivity contribution in [3.63, 3.8) is 0 Å². The van der Waals surface area contributed by atoms with Crippen molar-refractivity contribution < 1.29 is 4.79 Å². The van der Waals surface area contributed by atoms with Gasteiger partial charge in [-0.05, 0) is 49.9 Å². The molecule has 1 heterocycles. The maximum atomic E-state index is 12.5. The maximum absolute atomic E-state index is 12.5. The molecule has 0 spiro atoms. The quantitative estimate of drug-likeness (QED) is 0.737. The van der Waals surface area contributed by atoms with Crippen LogP contribution in [0.2, 0.25) is 0 Å². The fourth-order valence-corrected chi connectivity index (χ4v) is 5.00. The Morgan fingerprint density at radius 3 is 2.59 bits per heavy atom. The lowest BCUT2D eigenvalue weighted by Crippen LogP contribution is -2.52. The van der Waals surface area contributed by atoms with Crippen LogP contribution in [-0.2, 0) is 4.79 Å². The third kappa shape index (κ3) is 1.41. The average molecular weight is 234 g/mol. The van der Waals surface area contributed by atoms with Crippen molar-refractivity contribution in [3.05, 3.63) is 0 Å². The van der Waals surface area contributed by atoms with Crippen molar-refractivity contribution in [2.75, 3.05) is 19.6 Å². The standard InChI is InChI=1S/C14H22N2O/c1-8-7-16(5-4-15-8)14(17)13-11-9-2-3-10(6-9)12(11)13/h8-13,15H,2-7H2,1H3. The van der Waals surface area contributed by atoms with Gasteiger partial charge < -0.3 is 10.2 Å². The van der Waals surface area contributed by atoms with Gasteiger partial charge in [0.1, 0.15) is 0 Å². The first-order chi connectivity index (χ1) is 8.25. The first-order valence-electron chi connectivity index (χ1n) is 7.28. The minimum atomic E-state index is 0.437. The van der Waals surface area contributed by atoms with E-state index in [1.807, 2.05) is 0 Å². The van der Waals surface area contributed by atoms with E-state index < -0.39 is 0 Å². The number of nitrogens with one attached hydrogen (secondary N) is 1. The van der Waals surface area contributed by atoms with Crippen molar-refractivity contribution in [3.8, 4) is 0 Å². The predicted molar refractivity (Wildman–Crippen MR) is 65.3 cm³/mol. The second-order valence-electron chi connectivity index (χ2n) is 6.65. The lowest BCUT2D eigenvalue weighted by molar-refractivity contribution is -0.134. The normalized spacial score (nSPS) is 51.5. The van der Waals surface area contributed by atoms with E-state index in [9.17, 15) is 4.79 Å². The first-order valence-corrected chi connectivity index (χ1v) is 7.28. The highest BCUT2D eigenvalue weighted by molar-refractivity contribution is 5.83. The molecule has 2 bridgehead atoms. The number of hydrogen-bond acceptors (Lipinski definition) is 2. The summed E-state index contributed by atoms with van der Waals surface area (Å²) in [5.41, 5.74) is 0. The van der Waals surface area contributed by atoms with Crippen LogP contribution < -0.4 is 5.32 Å². The Morgan fingerprint density at radius 1 is 1.24 bits per heavy atom. The number of piperazine rings is 1. The maximum Gasteiger partial charge on any atom is 0.226 e. The molecule has 17 heavy (non-hydrogen) atoms. The van der Waals surface area contributed by atoms with Crippen molar-refractivity contribution in [2.45, 2.75) is 32.2 Å². The summed E-state index contributed by atoms with van der Waals surface area (Å²) in [6, 6.07) is 0.475. The van der Waals surface area contributed by atoms with Crippen molar-refractivity contribution in [1.29, 1.82) is 0 Å². The van der Waals surface area contributed by atoms with E-state index in [-0.39, 0.29) is 0 Å². The second-order valence-corrected chi connectivity index (χ2v) is 6.65. The summed E-state index contributed by atoms with van der Waals surface area (Å²) in [6.07, 6.45) is 4.26. The predicted octanol–water partition coefficient (Wildman–Crippen LogP) is 1.10. The summed E-state index contributed by atoms with van der Waals surface area (Å²) in [4.78, 5) is 14.7. The molecule has 5 atom stereocenters. The fourth-order valence-electron chi connectivity index (χ4n) is 5.00. The van der Waals surface area contributed by atoms with E-state index in [0.717, 1.165) is 43.3 Å². The van der Waals surface area contributed by atoms with Crippen LogP contribution in [0.4, 0.5) is 0 Å². The molecule has 3 aliphatic carbocycles. The van der Waals surface area contributed by atoms with Crippen LogP contribution in [0.1, 0.15) is 26.2 Å². The zero-order valence-corrected chi connectivity index (χ0v) is 10.6. The third-order valence-corrected chi connectivity index (χ3v) is 5.70. The monoisotopic (exact) mass is 234 g/mol. The lowest BCUT2D eigenvalue weighted by Gasteiger charge is -2.32. The molecule has 1 aliphatic heterocycles. The Balaban J connectivity index is 1.45. The first kappa shape index (κ1) is 10.4. The molecular weight excluding hydrogens is 212 g/mol. The highest BCUT2D eigenvalue weighted by atomic mass is 16.2. The molecular formula is C14H22N2O. The number of amides is 1. The van der Waals surface area contributed by atoms with Gasteiger partial charge in [-0.2, -0.15) is 0 Å². The van der Waals surface area contributed by atoms with Gasteiger partial charge in [0, 0.05) is 31.6 Å². The molecule has 0 aromatic rings. The van der Waals surface area contributed by atoms with Gasteiger partial charge >= 0.3 is 0 Å². The van der Waals surface area contributed by atoms with E-state index >= 15 is 0 Å². The number of nitrogens with zero attached hydrogens (tertiary/aromatic N) is 1. The van der Waals surface area contributed by atoms with Crippen molar-refractivity contribution >= 4 is 5.91 Å². The molecule has 1 amide bonds. The highest BCUT2D eigenvalue weighted by Crippen LogP contribution is 2.69. The Labute approximate surface area is 103 Å². The van der Waals surface area contributed by atoms with E-state index in [1.165, 1.54) is 19.3 Å². The summed E-state index contributed by atoms with van der Waals surface area (Å²) in [7, 11) is 0. The second kappa shape index (κ2) is 3.47. The molecule has 0 radical (unpaired) electrons. The minimum absolute atomic E-state index is 0.437. The number of carbonyl (C=O) groups excluding carboxylic acids is 1. The Kier molecular flexibility index (Phi) is 2.11. The molecule has 3 nitrogen and oxygen atoms in total. The van der Waals surface area contributed by atoms with Crippen LogP contribution in [0.3, 0.4) is 0 Å². The molecule has 4 rings (SSSR count). The van der Waals surface area contributed by atoms with E-state index in [2.05, 4.69) is 17.1 Å². The molecule has 3 heteroatoms. The number of hydrogen-bond donors (Lipinski definition) is 1. The molecule has 0 aromatic carbocycles. The van der Waals surface area contributed by atoms with Gasteiger partial charge in [0.2, 0.25) is 5.91 Å². The third-order valence-electron chi connectivity index (χ3n) is 5.70. The van der Waals surface area contributed by atoms with Gasteiger partial charge in [0.05, 0.1) is 0 Å². The molecule has 5 unspecified atom stereocenters. The minimum Gasteiger partial charge on any atom is -0.340 e. The van der Waals surface area contributed by atoms with Crippen LogP contribution in [0.5, 0.6) is 0 Å². The zero-order chi connectivity index (χ0) is 11.6. The van der Waals surface area contributed by atoms with Gasteiger partial charge in [-0.3, -0.25) is 4.79 Å². The van der Waals surface area contributed by atoms with Crippen LogP contribution in [-0.4, -0.2) is 36.5 Å². The van der Waals surface area contributed by atoms with Crippen molar-refractivity contribution in [2.24, 2.45) is 29.6 Å². The largest absolute Gasteiger partial charge is 0.340 e. The molecule has 1 N–H and O–H groups in total. The van der Waals surface area contributed by atoms with Gasteiger partial charge in [-0.15, -0.1) is 0 Å². The summed E-state index contributed by atoms with van der Waals surface area (Å²) in [6.45, 7) is 5.00. The van der Waals surface area contributed by atoms with Gasteiger partial charge in [0.15, 0.2) is 0 Å². The molecule has 4 aliphatic rings. The molecule has 3 saturated carbocycles. The lowest BCUT2D eigenvalue weighted by atomic mass is 10.0. The van der Waals surface area contributed by atoms with Gasteiger partial charge in [0.25, 0.3) is 0 Å². The number of fused-ring (bicyclic) bond motifs is 5. The topological polar surface area (TPSA) is 32.3 Å². The van der Waals surface area contributed by atoms with Gasteiger partial charge in [-0.1, -0.05) is 0 Å². The number of carbonyl (C=O) groups is 1. The van der Waals surface area contributed by atoms with E-state index in [0.29, 0.717) is 17.9 Å². The summed E-state index contributed by atoms with van der Waals surface area (Å²) < 4.78 is 0. The molecule has 0 aromatic heterocycles. The molecule has 1 saturated heterocycles. The van der Waals surface area contributed by atoms with Crippen LogP contribution >= 0.6 is 0 Å². The van der Waals surface area contributed by atoms with Crippen LogP contribution in [0.25, 0.3) is 0 Å². The Hall–Kier alpha value is -0.570. The Bertz CT molecular complexity index is 340. The molecule has 4 fully saturated rings. The summed E-state index contributed by atoms with van der Waals surface area (Å²) in [5.74, 6) is 4.35. The van der Waals surface area contributed by atoms with Crippen LogP contribution in [0, 0.1) is 29.6 Å². The van der Waals surface area contributed by atoms with E-state index in [1.54, 1.807) is 0 Å². The van der Waals surface area contributed by atoms with Gasteiger partial charge in [-0.25, -0.2) is 0 Å². The van der Waals surface area contributed by atoms with Crippen LogP contribution in [0.15, 0.2) is 0 Å². The molecule has 94 valence electrons. The smallest absolute Gasteiger partial charge is 0.226 e. The zero-order valence-electron chi connectivity index (χ0n) is 10.6. The van der Waals surface area contributed by atoms with E-state index in [4.69, 9.17) is 0 Å². The average Bonchev–Trinajstić information content (AvgIpc) is 2.76. The highest BCUT2D eigenvalue weighted by Gasteiger charge is 2.67. The fraction of sp³-hybridized carbons (Fsp3) is 0.929. The Morgan fingerprint density at radius 2 is 1.94 bits per heavy atom. The number of rotatable bonds is 1. The summed E-state index contributed by atoms with van der Waals surface area (Å²) >= 11 is 0. The van der Waals surface area contributed by atoms with Crippen molar-refractivity contribution in [1.82, 2.24) is 10.2 Å². The SMILES string of the molecule is CC1CN(C(=O)C2C3C4CCC(C4)C23)CCN1. The summed E-state index contributed by atoms with van der Waals surface area (Å²) in [5, 5.41) is 3.41.